The molecule has 70 valence electrons. The van der Waals surface area contributed by atoms with E-state index >= 15 is 0 Å². The van der Waals surface area contributed by atoms with Gasteiger partial charge in [0.1, 0.15) is 5.76 Å². The van der Waals surface area contributed by atoms with E-state index in [0.717, 1.165) is 11.8 Å². The molecule has 0 aliphatic rings. The first-order valence-electron chi connectivity index (χ1n) is 4.10. The van der Waals surface area contributed by atoms with Gasteiger partial charge in [-0.2, -0.15) is 0 Å². The van der Waals surface area contributed by atoms with Gasteiger partial charge in [-0.3, -0.25) is 4.79 Å². The maximum absolute atomic E-state index is 10.6. The smallest absolute Gasteiger partial charge is 0.151 e. The molecule has 2 rings (SSSR count). The summed E-state index contributed by atoms with van der Waals surface area (Å²) in [7, 11) is 0. The highest BCUT2D eigenvalue weighted by molar-refractivity contribution is 6.35. The van der Waals surface area contributed by atoms with Crippen LogP contribution in [0, 0.1) is 0 Å². The Bertz CT molecular complexity index is 446. The molecule has 0 amide bonds. The fraction of sp³-hybridized carbons (Fsp3) is 0. The normalized spacial score (nSPS) is 10.1. The lowest BCUT2D eigenvalue weighted by molar-refractivity contribution is 0.112. The minimum Gasteiger partial charge on any atom is -0.464 e. The Morgan fingerprint density at radius 2 is 2.07 bits per heavy atom. The number of furan rings is 1. The average Bonchev–Trinajstić information content (AvgIpc) is 2.71. The Kier molecular flexibility index (Phi) is 2.37. The van der Waals surface area contributed by atoms with E-state index in [1.54, 1.807) is 30.5 Å². The van der Waals surface area contributed by atoms with Gasteiger partial charge in [-0.25, -0.2) is 0 Å². The fourth-order valence-electron chi connectivity index (χ4n) is 1.26. The molecule has 1 aromatic heterocycles. The number of hydrogen-bond acceptors (Lipinski definition) is 2. The number of hydrogen-bond donors (Lipinski definition) is 0. The summed E-state index contributed by atoms with van der Waals surface area (Å²) in [5.41, 5.74) is 1.21. The molecule has 1 aromatic carbocycles. The number of rotatable bonds is 2. The molecule has 2 nitrogen and oxygen atoms in total. The van der Waals surface area contributed by atoms with Gasteiger partial charge < -0.3 is 4.42 Å². The Balaban J connectivity index is 2.60. The molecule has 0 bridgehead atoms. The Morgan fingerprint density at radius 3 is 2.71 bits per heavy atom. The van der Waals surface area contributed by atoms with E-state index in [4.69, 9.17) is 16.0 Å². The maximum atomic E-state index is 10.6. The fourth-order valence-corrected chi connectivity index (χ4v) is 1.53. The van der Waals surface area contributed by atoms with Crippen molar-refractivity contribution in [3.8, 4) is 11.3 Å². The monoisotopic (exact) mass is 206 g/mol. The molecule has 14 heavy (non-hydrogen) atoms. The zero-order valence-corrected chi connectivity index (χ0v) is 7.99. The largest absolute Gasteiger partial charge is 0.464 e. The minimum atomic E-state index is 0.428. The number of halogens is 1. The first-order valence-corrected chi connectivity index (χ1v) is 4.48. The van der Waals surface area contributed by atoms with Gasteiger partial charge in [0, 0.05) is 11.1 Å². The van der Waals surface area contributed by atoms with Crippen molar-refractivity contribution in [2.24, 2.45) is 0 Å². The summed E-state index contributed by atoms with van der Waals surface area (Å²) in [6.07, 6.45) is 2.30. The van der Waals surface area contributed by atoms with Crippen LogP contribution < -0.4 is 0 Å². The zero-order valence-electron chi connectivity index (χ0n) is 7.24. The van der Waals surface area contributed by atoms with E-state index < -0.39 is 0 Å². The molecule has 1 heterocycles. The van der Waals surface area contributed by atoms with Crippen LogP contribution in [0.2, 0.25) is 5.02 Å². The second-order valence-corrected chi connectivity index (χ2v) is 3.18. The van der Waals surface area contributed by atoms with Crippen LogP contribution in [0.1, 0.15) is 10.4 Å². The van der Waals surface area contributed by atoms with Crippen LogP contribution in [0.3, 0.4) is 0 Å². The van der Waals surface area contributed by atoms with Crippen molar-refractivity contribution in [3.63, 3.8) is 0 Å². The maximum Gasteiger partial charge on any atom is 0.151 e. The van der Waals surface area contributed by atoms with Crippen LogP contribution in [0.15, 0.2) is 41.0 Å². The standard InChI is InChI=1S/C11H7ClO2/c12-11-8(7-13)3-1-4-9(11)10-5-2-6-14-10/h1-7H. The Morgan fingerprint density at radius 1 is 1.21 bits per heavy atom. The van der Waals surface area contributed by atoms with E-state index in [-0.39, 0.29) is 0 Å². The lowest BCUT2D eigenvalue weighted by Gasteiger charge is -2.01. The Hall–Kier alpha value is -1.54. The van der Waals surface area contributed by atoms with Crippen LogP contribution in [0.25, 0.3) is 11.3 Å². The van der Waals surface area contributed by atoms with Gasteiger partial charge in [-0.15, -0.1) is 0 Å². The summed E-state index contributed by atoms with van der Waals surface area (Å²) in [5.74, 6) is 0.665. The van der Waals surface area contributed by atoms with Gasteiger partial charge in [0.15, 0.2) is 6.29 Å². The van der Waals surface area contributed by atoms with Crippen molar-refractivity contribution in [3.05, 3.63) is 47.2 Å². The number of aldehydes is 1. The van der Waals surface area contributed by atoms with Crippen LogP contribution in [0.4, 0.5) is 0 Å². The highest BCUT2D eigenvalue weighted by atomic mass is 35.5. The molecule has 0 N–H and O–H groups in total. The predicted molar refractivity (Wildman–Crippen MR) is 54.5 cm³/mol. The topological polar surface area (TPSA) is 30.2 Å². The summed E-state index contributed by atoms with van der Waals surface area (Å²) in [6.45, 7) is 0. The molecule has 0 saturated heterocycles. The van der Waals surface area contributed by atoms with Crippen molar-refractivity contribution in [2.45, 2.75) is 0 Å². The summed E-state index contributed by atoms with van der Waals surface area (Å²) < 4.78 is 5.20. The summed E-state index contributed by atoms with van der Waals surface area (Å²) >= 11 is 6.01. The first-order chi connectivity index (χ1) is 6.83. The second-order valence-electron chi connectivity index (χ2n) is 2.80. The van der Waals surface area contributed by atoms with Crippen LogP contribution in [-0.4, -0.2) is 6.29 Å². The van der Waals surface area contributed by atoms with Gasteiger partial charge in [-0.05, 0) is 18.2 Å². The van der Waals surface area contributed by atoms with Gasteiger partial charge in [-0.1, -0.05) is 23.7 Å². The second kappa shape index (κ2) is 3.68. The van der Waals surface area contributed by atoms with Crippen molar-refractivity contribution >= 4 is 17.9 Å². The number of carbonyl (C=O) groups excluding carboxylic acids is 1. The SMILES string of the molecule is O=Cc1cccc(-c2ccco2)c1Cl. The van der Waals surface area contributed by atoms with Gasteiger partial charge in [0.25, 0.3) is 0 Å². The van der Waals surface area contributed by atoms with Crippen LogP contribution in [-0.2, 0) is 0 Å². The molecule has 2 aromatic rings. The highest BCUT2D eigenvalue weighted by Crippen LogP contribution is 2.29. The quantitative estimate of drug-likeness (QED) is 0.705. The minimum absolute atomic E-state index is 0.428. The van der Waals surface area contributed by atoms with E-state index in [1.165, 1.54) is 0 Å². The predicted octanol–water partition coefficient (Wildman–Crippen LogP) is 3.41. The van der Waals surface area contributed by atoms with Crippen molar-refractivity contribution in [2.75, 3.05) is 0 Å². The molecule has 0 spiro atoms. The van der Waals surface area contributed by atoms with E-state index in [1.807, 2.05) is 6.07 Å². The third kappa shape index (κ3) is 1.44. The highest BCUT2D eigenvalue weighted by Gasteiger charge is 2.08. The summed E-state index contributed by atoms with van der Waals surface area (Å²) in [6, 6.07) is 8.83. The Labute approximate surface area is 86.1 Å². The van der Waals surface area contributed by atoms with Crippen LogP contribution in [0.5, 0.6) is 0 Å². The van der Waals surface area contributed by atoms with Crippen LogP contribution >= 0.6 is 11.6 Å². The zero-order chi connectivity index (χ0) is 9.97. The van der Waals surface area contributed by atoms with Crippen molar-refractivity contribution in [1.82, 2.24) is 0 Å². The van der Waals surface area contributed by atoms with Gasteiger partial charge >= 0.3 is 0 Å². The average molecular weight is 207 g/mol. The molecule has 0 radical (unpaired) electrons. The summed E-state index contributed by atoms with van der Waals surface area (Å²) in [4.78, 5) is 10.6. The summed E-state index contributed by atoms with van der Waals surface area (Å²) in [5, 5.41) is 0.428. The third-order valence-electron chi connectivity index (χ3n) is 1.94. The first kappa shape index (κ1) is 9.03. The number of benzene rings is 1. The molecular formula is C11H7ClO2. The molecule has 0 atom stereocenters. The van der Waals surface area contributed by atoms with Crippen molar-refractivity contribution < 1.29 is 9.21 Å². The lowest BCUT2D eigenvalue weighted by atomic mass is 10.1. The van der Waals surface area contributed by atoms with Crippen molar-refractivity contribution in [1.29, 1.82) is 0 Å². The number of carbonyl (C=O) groups is 1. The molecule has 0 aliphatic heterocycles. The molecule has 0 aliphatic carbocycles. The molecule has 3 heteroatoms. The molecule has 0 unspecified atom stereocenters. The van der Waals surface area contributed by atoms with E-state index in [9.17, 15) is 4.79 Å². The third-order valence-corrected chi connectivity index (χ3v) is 2.36. The molecule has 0 fully saturated rings. The molecule has 0 saturated carbocycles. The van der Waals surface area contributed by atoms with E-state index in [0.29, 0.717) is 16.3 Å². The molecular weight excluding hydrogens is 200 g/mol. The van der Waals surface area contributed by atoms with Gasteiger partial charge in [0.2, 0.25) is 0 Å². The lowest BCUT2D eigenvalue weighted by Crippen LogP contribution is -1.84. The van der Waals surface area contributed by atoms with Gasteiger partial charge in [0.05, 0.1) is 11.3 Å². The van der Waals surface area contributed by atoms with E-state index in [2.05, 4.69) is 0 Å².